The Kier molecular flexibility index (Phi) is 3.07. The molecule has 2 rings (SSSR count). The molecule has 2 nitrogen and oxygen atoms in total. The molecule has 0 spiro atoms. The molecule has 2 N–H and O–H groups in total. The van der Waals surface area contributed by atoms with Crippen LogP contribution in [-0.4, -0.2) is 13.7 Å². The normalized spacial score (nSPS) is 11.8. The lowest BCUT2D eigenvalue weighted by atomic mass is 9.81. The van der Waals surface area contributed by atoms with Gasteiger partial charge in [0.25, 0.3) is 0 Å². The minimum atomic E-state index is -0.0911. The second kappa shape index (κ2) is 4.38. The van der Waals surface area contributed by atoms with Crippen LogP contribution in [-0.2, 0) is 5.41 Å². The van der Waals surface area contributed by atoms with Crippen molar-refractivity contribution in [3.8, 4) is 5.75 Å². The van der Waals surface area contributed by atoms with Crippen LogP contribution >= 0.6 is 0 Å². The molecule has 0 saturated heterocycles. The van der Waals surface area contributed by atoms with E-state index >= 15 is 0 Å². The van der Waals surface area contributed by atoms with Gasteiger partial charge in [0.2, 0.25) is 0 Å². The summed E-state index contributed by atoms with van der Waals surface area (Å²) >= 11 is 0. The van der Waals surface area contributed by atoms with Gasteiger partial charge in [-0.25, -0.2) is 0 Å². The minimum Gasteiger partial charge on any atom is -0.496 e. The molecule has 0 aromatic heterocycles. The van der Waals surface area contributed by atoms with Gasteiger partial charge in [0.1, 0.15) is 5.75 Å². The lowest BCUT2D eigenvalue weighted by Crippen LogP contribution is -2.28. The summed E-state index contributed by atoms with van der Waals surface area (Å²) in [5, 5.41) is 2.45. The third kappa shape index (κ3) is 2.01. The van der Waals surface area contributed by atoms with Crippen LogP contribution in [0.15, 0.2) is 36.4 Å². The van der Waals surface area contributed by atoms with Crippen molar-refractivity contribution in [3.05, 3.63) is 42.0 Å². The highest BCUT2D eigenvalue weighted by Gasteiger charge is 2.25. The van der Waals surface area contributed by atoms with Crippen LogP contribution in [0, 0.1) is 0 Å². The first-order valence-electron chi connectivity index (χ1n) is 5.86. The van der Waals surface area contributed by atoms with Gasteiger partial charge >= 0.3 is 0 Å². The molecule has 0 bridgehead atoms. The van der Waals surface area contributed by atoms with E-state index in [1.54, 1.807) is 7.11 Å². The predicted molar refractivity (Wildman–Crippen MR) is 72.6 cm³/mol. The molecule has 90 valence electrons. The first-order valence-corrected chi connectivity index (χ1v) is 5.86. The van der Waals surface area contributed by atoms with E-state index in [4.69, 9.17) is 10.5 Å². The van der Waals surface area contributed by atoms with Crippen molar-refractivity contribution in [1.82, 2.24) is 0 Å². The number of hydrogen-bond acceptors (Lipinski definition) is 2. The smallest absolute Gasteiger partial charge is 0.123 e. The molecule has 0 unspecified atom stereocenters. The minimum absolute atomic E-state index is 0.0911. The molecule has 0 aliphatic carbocycles. The van der Waals surface area contributed by atoms with Crippen LogP contribution in [0.5, 0.6) is 5.75 Å². The number of methoxy groups -OCH3 is 1. The molecule has 2 aromatic carbocycles. The second-order valence-electron chi connectivity index (χ2n) is 4.95. The van der Waals surface area contributed by atoms with E-state index in [1.807, 2.05) is 12.1 Å². The topological polar surface area (TPSA) is 35.2 Å². The molecule has 0 aliphatic rings. The zero-order chi connectivity index (χ0) is 12.5. The highest BCUT2D eigenvalue weighted by molar-refractivity contribution is 5.88. The monoisotopic (exact) mass is 229 g/mol. The van der Waals surface area contributed by atoms with E-state index in [0.29, 0.717) is 6.54 Å². The van der Waals surface area contributed by atoms with Gasteiger partial charge in [-0.05, 0) is 16.8 Å². The fourth-order valence-corrected chi connectivity index (χ4v) is 2.22. The van der Waals surface area contributed by atoms with Crippen molar-refractivity contribution in [1.29, 1.82) is 0 Å². The molecule has 0 aliphatic heterocycles. The quantitative estimate of drug-likeness (QED) is 0.877. The maximum atomic E-state index is 5.90. The maximum absolute atomic E-state index is 5.90. The summed E-state index contributed by atoms with van der Waals surface area (Å²) in [4.78, 5) is 0. The highest BCUT2D eigenvalue weighted by Crippen LogP contribution is 2.37. The van der Waals surface area contributed by atoms with Crippen molar-refractivity contribution in [2.75, 3.05) is 13.7 Å². The molecular weight excluding hydrogens is 210 g/mol. The maximum Gasteiger partial charge on any atom is 0.123 e. The van der Waals surface area contributed by atoms with Gasteiger partial charge in [-0.1, -0.05) is 44.2 Å². The summed E-state index contributed by atoms with van der Waals surface area (Å²) in [6, 6.07) is 12.5. The second-order valence-corrected chi connectivity index (χ2v) is 4.95. The van der Waals surface area contributed by atoms with Crippen LogP contribution in [0.3, 0.4) is 0 Å². The molecule has 17 heavy (non-hydrogen) atoms. The fraction of sp³-hybridized carbons (Fsp3) is 0.333. The van der Waals surface area contributed by atoms with Gasteiger partial charge in [0, 0.05) is 17.5 Å². The van der Waals surface area contributed by atoms with Gasteiger partial charge in [-0.2, -0.15) is 0 Å². The lowest BCUT2D eigenvalue weighted by Gasteiger charge is -2.27. The Balaban J connectivity index is 2.80. The predicted octanol–water partition coefficient (Wildman–Crippen LogP) is 3.08. The summed E-state index contributed by atoms with van der Waals surface area (Å²) < 4.78 is 5.49. The summed E-state index contributed by atoms with van der Waals surface area (Å²) in [6.45, 7) is 4.89. The number of ether oxygens (including phenoxy) is 1. The third-order valence-corrected chi connectivity index (χ3v) is 3.30. The Labute approximate surface area is 102 Å². The molecule has 0 fully saturated rings. The van der Waals surface area contributed by atoms with Gasteiger partial charge in [-0.3, -0.25) is 0 Å². The first kappa shape index (κ1) is 11.9. The molecule has 0 atom stereocenters. The Morgan fingerprint density at radius 1 is 1.12 bits per heavy atom. The Morgan fingerprint density at radius 2 is 1.82 bits per heavy atom. The standard InChI is InChI=1S/C15H19NO/c1-15(2,10-16)14-12-7-5-4-6-11(12)8-9-13(14)17-3/h4-9H,10,16H2,1-3H3. The zero-order valence-electron chi connectivity index (χ0n) is 10.7. The Morgan fingerprint density at radius 3 is 2.47 bits per heavy atom. The largest absolute Gasteiger partial charge is 0.496 e. The SMILES string of the molecule is COc1ccc2ccccc2c1C(C)(C)CN. The van der Waals surface area contributed by atoms with Crippen LogP contribution in [0.4, 0.5) is 0 Å². The van der Waals surface area contributed by atoms with Crippen LogP contribution in [0.2, 0.25) is 0 Å². The molecule has 0 amide bonds. The molecule has 2 heteroatoms. The van der Waals surface area contributed by atoms with Crippen LogP contribution < -0.4 is 10.5 Å². The average molecular weight is 229 g/mol. The lowest BCUT2D eigenvalue weighted by molar-refractivity contribution is 0.395. The van der Waals surface area contributed by atoms with Crippen molar-refractivity contribution in [2.24, 2.45) is 5.73 Å². The van der Waals surface area contributed by atoms with Crippen molar-refractivity contribution >= 4 is 10.8 Å². The average Bonchev–Trinajstić information content (AvgIpc) is 2.37. The number of nitrogens with two attached hydrogens (primary N) is 1. The van der Waals surface area contributed by atoms with Crippen molar-refractivity contribution in [2.45, 2.75) is 19.3 Å². The third-order valence-electron chi connectivity index (χ3n) is 3.30. The van der Waals surface area contributed by atoms with Gasteiger partial charge in [0.05, 0.1) is 7.11 Å². The molecular formula is C15H19NO. The molecule has 2 aromatic rings. The van der Waals surface area contributed by atoms with E-state index in [9.17, 15) is 0 Å². The van der Waals surface area contributed by atoms with Crippen molar-refractivity contribution in [3.63, 3.8) is 0 Å². The number of benzene rings is 2. The van der Waals surface area contributed by atoms with E-state index in [0.717, 1.165) is 5.75 Å². The molecule has 0 radical (unpaired) electrons. The van der Waals surface area contributed by atoms with Gasteiger partial charge < -0.3 is 10.5 Å². The summed E-state index contributed by atoms with van der Waals surface area (Å²) in [6.07, 6.45) is 0. The number of fused-ring (bicyclic) bond motifs is 1. The Hall–Kier alpha value is -1.54. The van der Waals surface area contributed by atoms with Crippen molar-refractivity contribution < 1.29 is 4.74 Å². The van der Waals surface area contributed by atoms with E-state index in [2.05, 4.69) is 38.1 Å². The zero-order valence-corrected chi connectivity index (χ0v) is 10.7. The fourth-order valence-electron chi connectivity index (χ4n) is 2.22. The summed E-state index contributed by atoms with van der Waals surface area (Å²) in [7, 11) is 1.71. The van der Waals surface area contributed by atoms with E-state index < -0.39 is 0 Å². The van der Waals surface area contributed by atoms with E-state index in [-0.39, 0.29) is 5.41 Å². The van der Waals surface area contributed by atoms with Crippen LogP contribution in [0.25, 0.3) is 10.8 Å². The molecule has 0 heterocycles. The Bertz CT molecular complexity index is 531. The molecule has 0 saturated carbocycles. The first-order chi connectivity index (χ1) is 8.10. The van der Waals surface area contributed by atoms with Gasteiger partial charge in [-0.15, -0.1) is 0 Å². The summed E-state index contributed by atoms with van der Waals surface area (Å²) in [5.74, 6) is 0.916. The summed E-state index contributed by atoms with van der Waals surface area (Å²) in [5.41, 5.74) is 7.00. The van der Waals surface area contributed by atoms with Crippen LogP contribution in [0.1, 0.15) is 19.4 Å². The van der Waals surface area contributed by atoms with E-state index in [1.165, 1.54) is 16.3 Å². The number of rotatable bonds is 3. The number of hydrogen-bond donors (Lipinski definition) is 1. The highest BCUT2D eigenvalue weighted by atomic mass is 16.5. The van der Waals surface area contributed by atoms with Gasteiger partial charge in [0.15, 0.2) is 0 Å².